The summed E-state index contributed by atoms with van der Waals surface area (Å²) >= 11 is 3.60. The van der Waals surface area contributed by atoms with Gasteiger partial charge in [-0.25, -0.2) is 5.06 Å². The molecule has 2 amide bonds. The van der Waals surface area contributed by atoms with Crippen molar-refractivity contribution in [3.05, 3.63) is 130 Å². The first kappa shape index (κ1) is 32.0. The SMILES string of the molecule is CON(C)C(=O)[C@@H]1[C@H]2C(=O)O[C@H](c3ccccc3)[C@H](c3ccccc3)N2[C@H](c2ccc(OCCO)cc2)[C@@]12C(=O)Nc1ccc(Br)cc12. The van der Waals surface area contributed by atoms with E-state index in [0.717, 1.165) is 16.2 Å². The molecule has 246 valence electrons. The first-order chi connectivity index (χ1) is 23.3. The van der Waals surface area contributed by atoms with Crippen LogP contribution < -0.4 is 10.1 Å². The monoisotopic (exact) mass is 711 g/mol. The number of nitrogens with zero attached hydrogens (tertiary/aromatic N) is 2. The zero-order valence-corrected chi connectivity index (χ0v) is 27.9. The molecular formula is C37H34BrN3O7. The molecule has 4 aromatic rings. The van der Waals surface area contributed by atoms with Gasteiger partial charge in [0.25, 0.3) is 5.91 Å². The Kier molecular flexibility index (Phi) is 8.55. The van der Waals surface area contributed by atoms with Gasteiger partial charge in [0.15, 0.2) is 0 Å². The smallest absolute Gasteiger partial charge is 0.324 e. The molecule has 4 aromatic carbocycles. The predicted octanol–water partition coefficient (Wildman–Crippen LogP) is 5.11. The van der Waals surface area contributed by atoms with Crippen LogP contribution in [-0.4, -0.2) is 66.3 Å². The lowest BCUT2D eigenvalue weighted by Gasteiger charge is -2.46. The fraction of sp³-hybridized carbons (Fsp3) is 0.270. The molecule has 3 heterocycles. The van der Waals surface area contributed by atoms with Gasteiger partial charge in [0.2, 0.25) is 5.91 Å². The number of halogens is 1. The molecule has 2 fully saturated rings. The summed E-state index contributed by atoms with van der Waals surface area (Å²) in [7, 11) is 2.85. The fourth-order valence-corrected chi connectivity index (χ4v) is 8.10. The minimum atomic E-state index is -1.60. The van der Waals surface area contributed by atoms with Gasteiger partial charge in [0.1, 0.15) is 29.9 Å². The number of aliphatic hydroxyl groups excluding tert-OH is 1. The van der Waals surface area contributed by atoms with Crippen molar-refractivity contribution < 1.29 is 33.8 Å². The Morgan fingerprint density at radius 2 is 1.60 bits per heavy atom. The zero-order chi connectivity index (χ0) is 33.6. The first-order valence-corrected chi connectivity index (χ1v) is 16.4. The molecule has 2 saturated heterocycles. The van der Waals surface area contributed by atoms with Gasteiger partial charge in [0.05, 0.1) is 31.7 Å². The summed E-state index contributed by atoms with van der Waals surface area (Å²) in [6, 6.07) is 29.3. The number of ether oxygens (including phenoxy) is 2. The Morgan fingerprint density at radius 3 is 2.25 bits per heavy atom. The lowest BCUT2D eigenvalue weighted by molar-refractivity contribution is -0.187. The molecule has 10 nitrogen and oxygen atoms in total. The largest absolute Gasteiger partial charge is 0.491 e. The number of hydrogen-bond acceptors (Lipinski definition) is 8. The predicted molar refractivity (Wildman–Crippen MR) is 180 cm³/mol. The van der Waals surface area contributed by atoms with Crippen LogP contribution in [0.3, 0.4) is 0 Å². The van der Waals surface area contributed by atoms with Gasteiger partial charge in [-0.05, 0) is 52.6 Å². The number of hydroxylamine groups is 2. The fourth-order valence-electron chi connectivity index (χ4n) is 7.74. The average Bonchev–Trinajstić information content (AvgIpc) is 3.59. The van der Waals surface area contributed by atoms with Crippen molar-refractivity contribution in [3.63, 3.8) is 0 Å². The van der Waals surface area contributed by atoms with Crippen molar-refractivity contribution in [2.45, 2.75) is 29.6 Å². The van der Waals surface area contributed by atoms with Gasteiger partial charge in [-0.1, -0.05) is 88.7 Å². The van der Waals surface area contributed by atoms with Gasteiger partial charge in [-0.15, -0.1) is 0 Å². The highest BCUT2D eigenvalue weighted by Gasteiger charge is 2.74. The van der Waals surface area contributed by atoms with E-state index in [1.54, 1.807) is 18.2 Å². The van der Waals surface area contributed by atoms with Crippen molar-refractivity contribution in [3.8, 4) is 5.75 Å². The summed E-state index contributed by atoms with van der Waals surface area (Å²) < 4.78 is 12.8. The van der Waals surface area contributed by atoms with Crippen molar-refractivity contribution in [2.75, 3.05) is 32.7 Å². The Morgan fingerprint density at radius 1 is 0.938 bits per heavy atom. The molecule has 3 aliphatic rings. The average molecular weight is 713 g/mol. The molecule has 0 aliphatic carbocycles. The second-order valence-corrected chi connectivity index (χ2v) is 13.0. The number of benzene rings is 4. The second-order valence-electron chi connectivity index (χ2n) is 12.1. The van der Waals surface area contributed by atoms with Crippen LogP contribution in [0.5, 0.6) is 5.75 Å². The number of nitrogens with one attached hydrogen (secondary N) is 1. The van der Waals surface area contributed by atoms with E-state index >= 15 is 0 Å². The van der Waals surface area contributed by atoms with E-state index < -0.39 is 53.3 Å². The highest BCUT2D eigenvalue weighted by atomic mass is 79.9. The van der Waals surface area contributed by atoms with E-state index in [0.29, 0.717) is 27.0 Å². The van der Waals surface area contributed by atoms with Gasteiger partial charge in [-0.3, -0.25) is 24.1 Å². The Bertz CT molecular complexity index is 1840. The number of amides is 2. The number of morpholine rings is 1. The topological polar surface area (TPSA) is 118 Å². The molecule has 6 atom stereocenters. The Labute approximate surface area is 286 Å². The van der Waals surface area contributed by atoms with E-state index in [-0.39, 0.29) is 13.2 Å². The number of cyclic esters (lactones) is 1. The zero-order valence-electron chi connectivity index (χ0n) is 26.3. The number of aliphatic hydroxyl groups is 1. The standard InChI is InChI=1S/C37H34BrN3O7/c1-40(46-2)34(43)29-31-35(44)48-32(23-11-7-4-8-12-23)30(22-9-5-3-6-10-22)41(31)33(24-13-16-26(17-14-24)47-20-19-42)37(29)27-21-25(38)15-18-28(27)39-36(37)45/h3-18,21,29-33,42H,19-20H2,1-2H3,(H,39,45)/t29-,30-,31-,32+,33+,37-/m0/s1. The molecular weight excluding hydrogens is 678 g/mol. The van der Waals surface area contributed by atoms with Crippen molar-refractivity contribution in [1.82, 2.24) is 9.96 Å². The Hall–Kier alpha value is -4.55. The lowest BCUT2D eigenvalue weighted by Crippen LogP contribution is -2.54. The third-order valence-corrected chi connectivity index (χ3v) is 10.2. The quantitative estimate of drug-likeness (QED) is 0.191. The van der Waals surface area contributed by atoms with Crippen LogP contribution in [0, 0.1) is 5.92 Å². The van der Waals surface area contributed by atoms with E-state index in [9.17, 15) is 19.5 Å². The summed E-state index contributed by atoms with van der Waals surface area (Å²) in [6.07, 6.45) is -0.760. The van der Waals surface area contributed by atoms with E-state index in [4.69, 9.17) is 14.3 Å². The molecule has 0 unspecified atom stereocenters. The van der Waals surface area contributed by atoms with Crippen LogP contribution in [0.25, 0.3) is 0 Å². The van der Waals surface area contributed by atoms with Crippen molar-refractivity contribution in [2.24, 2.45) is 5.92 Å². The van der Waals surface area contributed by atoms with E-state index in [1.165, 1.54) is 14.2 Å². The summed E-state index contributed by atoms with van der Waals surface area (Å²) in [5.74, 6) is -2.28. The van der Waals surface area contributed by atoms with Crippen LogP contribution in [0.1, 0.15) is 40.4 Å². The molecule has 0 radical (unpaired) electrons. The molecule has 48 heavy (non-hydrogen) atoms. The molecule has 2 N–H and O–H groups in total. The molecule has 0 aromatic heterocycles. The molecule has 0 saturated carbocycles. The second kappa shape index (κ2) is 12.8. The summed E-state index contributed by atoms with van der Waals surface area (Å²) in [5, 5.41) is 13.5. The van der Waals surface area contributed by atoms with Crippen LogP contribution in [0.2, 0.25) is 0 Å². The molecule has 0 bridgehead atoms. The number of anilines is 1. The maximum atomic E-state index is 14.9. The summed E-state index contributed by atoms with van der Waals surface area (Å²) in [5.41, 5.74) is 1.86. The first-order valence-electron chi connectivity index (χ1n) is 15.7. The maximum Gasteiger partial charge on any atom is 0.324 e. The van der Waals surface area contributed by atoms with Gasteiger partial charge >= 0.3 is 5.97 Å². The van der Waals surface area contributed by atoms with Gasteiger partial charge in [-0.2, -0.15) is 0 Å². The van der Waals surface area contributed by atoms with E-state index in [1.807, 2.05) is 89.8 Å². The minimum absolute atomic E-state index is 0.116. The Balaban J connectivity index is 1.55. The number of hydrogen-bond donors (Lipinski definition) is 2. The third-order valence-electron chi connectivity index (χ3n) is 9.68. The van der Waals surface area contributed by atoms with Crippen LogP contribution in [0.15, 0.2) is 108 Å². The third kappa shape index (κ3) is 5.00. The minimum Gasteiger partial charge on any atom is -0.491 e. The number of esters is 1. The number of fused-ring (bicyclic) bond motifs is 3. The molecule has 7 rings (SSSR count). The van der Waals surface area contributed by atoms with Gasteiger partial charge in [0, 0.05) is 17.2 Å². The highest BCUT2D eigenvalue weighted by molar-refractivity contribution is 9.10. The molecule has 1 spiro atoms. The van der Waals surface area contributed by atoms with Crippen LogP contribution in [0.4, 0.5) is 5.69 Å². The lowest BCUT2D eigenvalue weighted by atomic mass is 9.65. The normalized spacial score (nSPS) is 26.0. The number of rotatable bonds is 8. The van der Waals surface area contributed by atoms with Crippen LogP contribution >= 0.6 is 15.9 Å². The van der Waals surface area contributed by atoms with Gasteiger partial charge < -0.3 is 19.9 Å². The summed E-state index contributed by atoms with van der Waals surface area (Å²) in [6.45, 7) is -0.0291. The van der Waals surface area contributed by atoms with E-state index in [2.05, 4.69) is 21.2 Å². The van der Waals surface area contributed by atoms with Crippen molar-refractivity contribution >= 4 is 39.4 Å². The maximum absolute atomic E-state index is 14.9. The van der Waals surface area contributed by atoms with Crippen molar-refractivity contribution in [1.29, 1.82) is 0 Å². The summed E-state index contributed by atoms with van der Waals surface area (Å²) in [4.78, 5) is 51.5. The number of carbonyl (C=O) groups is 3. The number of carbonyl (C=O) groups excluding carboxylic acids is 3. The highest BCUT2D eigenvalue weighted by Crippen LogP contribution is 2.65. The molecule has 11 heteroatoms. The van der Waals surface area contributed by atoms with Crippen LogP contribution in [-0.2, 0) is 29.4 Å². The molecule has 3 aliphatic heterocycles.